The van der Waals surface area contributed by atoms with E-state index < -0.39 is 148 Å². The normalized spacial score (nSPS) is 13.6. The lowest BCUT2D eigenvalue weighted by atomic mass is 9.97. The highest BCUT2D eigenvalue weighted by molar-refractivity contribution is 6.06. The Morgan fingerprint density at radius 3 is 0.883 bits per heavy atom. The van der Waals surface area contributed by atoms with E-state index >= 15 is 0 Å². The van der Waals surface area contributed by atoms with E-state index in [1.54, 1.807) is 0 Å². The zero-order chi connectivity index (χ0) is 44.4. The summed E-state index contributed by atoms with van der Waals surface area (Å²) in [6, 6.07) is 3.41. The highest BCUT2D eigenvalue weighted by Gasteiger charge is 2.42. The van der Waals surface area contributed by atoms with Crippen LogP contribution in [0.4, 0.5) is 79.0 Å². The van der Waals surface area contributed by atoms with Crippen LogP contribution in [-0.2, 0) is 37.1 Å². The minimum Gasteiger partial charge on any atom is -0.308 e. The molecular weight excluding hydrogens is 858 g/mol. The van der Waals surface area contributed by atoms with Gasteiger partial charge in [-0.25, -0.2) is 0 Å². The number of aromatic nitrogens is 2. The molecule has 0 N–H and O–H groups in total. The molecule has 22 heteroatoms. The molecule has 0 atom stereocenters. The summed E-state index contributed by atoms with van der Waals surface area (Å²) in [5.41, 5.74) is -20.9. The Balaban J connectivity index is 1.81. The van der Waals surface area contributed by atoms with Gasteiger partial charge in [-0.15, -0.1) is 0 Å². The van der Waals surface area contributed by atoms with Crippen molar-refractivity contribution in [3.8, 4) is 11.4 Å². The average Bonchev–Trinajstić information content (AvgIpc) is 3.12. The topological polar surface area (TPSA) is 44.0 Å². The molecular formula is C38H14F18N2O2. The fourth-order valence-electron chi connectivity index (χ4n) is 6.83. The number of fused-ring (bicyclic) bond motifs is 4. The van der Waals surface area contributed by atoms with Crippen molar-refractivity contribution in [2.45, 2.75) is 37.1 Å². The Kier molecular flexibility index (Phi) is 9.18. The third-order valence-electron chi connectivity index (χ3n) is 9.41. The summed E-state index contributed by atoms with van der Waals surface area (Å²) in [5.74, 6) is 0. The molecule has 4 nitrogen and oxygen atoms in total. The van der Waals surface area contributed by atoms with E-state index in [0.29, 0.717) is 69.8 Å². The summed E-state index contributed by atoms with van der Waals surface area (Å²) in [7, 11) is 0. The lowest BCUT2D eigenvalue weighted by Crippen LogP contribution is -2.21. The van der Waals surface area contributed by atoms with E-state index in [0.717, 1.165) is 0 Å². The number of rotatable bonds is 2. The van der Waals surface area contributed by atoms with Crippen molar-refractivity contribution in [3.05, 3.63) is 139 Å². The Hall–Kier alpha value is -6.22. The second-order valence-corrected chi connectivity index (χ2v) is 13.1. The number of hydrogen-bond acceptors (Lipinski definition) is 2. The van der Waals surface area contributed by atoms with Crippen molar-refractivity contribution in [1.82, 2.24) is 9.13 Å². The van der Waals surface area contributed by atoms with Gasteiger partial charge in [0.15, 0.2) is 10.9 Å². The van der Waals surface area contributed by atoms with Gasteiger partial charge in [-0.1, -0.05) is 0 Å². The standard InChI is InChI=1S/C38H14F18N2O2/c39-33(40,41)15-1-5-19(6-2-15)57-27-14-28-22(13-21(27)31(59)23-9-17(35(45,46)47)11-25(29(23)57)37(51,52)53)32(60)24-10-18(36(48,49)50)12-26(38(54,55)56)30(24)58(28)20-7-3-16(4-8-20)34(42,43)44/h1-14H. The van der Waals surface area contributed by atoms with Gasteiger partial charge in [-0.3, -0.25) is 9.59 Å². The van der Waals surface area contributed by atoms with Gasteiger partial charge in [0.1, 0.15) is 0 Å². The molecule has 7 aromatic rings. The van der Waals surface area contributed by atoms with Gasteiger partial charge < -0.3 is 9.13 Å². The molecule has 0 fully saturated rings. The Morgan fingerprint density at radius 2 is 0.617 bits per heavy atom. The molecule has 0 aliphatic carbocycles. The molecule has 0 aliphatic heterocycles. The molecule has 0 bridgehead atoms. The molecule has 0 spiro atoms. The molecule has 0 radical (unpaired) electrons. The van der Waals surface area contributed by atoms with Crippen molar-refractivity contribution < 1.29 is 79.0 Å². The third-order valence-corrected chi connectivity index (χ3v) is 9.41. The predicted molar refractivity (Wildman–Crippen MR) is 178 cm³/mol. The van der Waals surface area contributed by atoms with Crippen LogP contribution in [0.15, 0.2) is 94.5 Å². The second kappa shape index (κ2) is 13.1. The Labute approximate surface area is 319 Å². The number of benzene rings is 5. The van der Waals surface area contributed by atoms with Gasteiger partial charge in [0, 0.05) is 32.9 Å². The Bertz CT molecular complexity index is 2810. The molecule has 0 unspecified atom stereocenters. The third kappa shape index (κ3) is 7.03. The molecule has 2 heterocycles. The second-order valence-electron chi connectivity index (χ2n) is 13.1. The van der Waals surface area contributed by atoms with Gasteiger partial charge in [-0.2, -0.15) is 79.0 Å². The highest BCUT2D eigenvalue weighted by Crippen LogP contribution is 2.44. The van der Waals surface area contributed by atoms with Crippen LogP contribution >= 0.6 is 0 Å². The maximum atomic E-state index is 14.7. The van der Waals surface area contributed by atoms with Crippen molar-refractivity contribution >= 4 is 43.6 Å². The number of hydrogen-bond donors (Lipinski definition) is 0. The van der Waals surface area contributed by atoms with Gasteiger partial charge in [0.05, 0.1) is 55.4 Å². The van der Waals surface area contributed by atoms with E-state index in [4.69, 9.17) is 0 Å². The van der Waals surface area contributed by atoms with Crippen LogP contribution in [0.25, 0.3) is 55.0 Å². The molecule has 0 aliphatic rings. The zero-order valence-electron chi connectivity index (χ0n) is 28.6. The maximum absolute atomic E-state index is 14.7. The van der Waals surface area contributed by atoms with E-state index in [1.165, 1.54) is 0 Å². The first-order valence-electron chi connectivity index (χ1n) is 16.3. The van der Waals surface area contributed by atoms with E-state index in [1.807, 2.05) is 0 Å². The van der Waals surface area contributed by atoms with Crippen molar-refractivity contribution in [3.63, 3.8) is 0 Å². The van der Waals surface area contributed by atoms with Crippen LogP contribution in [0.5, 0.6) is 0 Å². The highest BCUT2D eigenvalue weighted by atomic mass is 19.4. The molecule has 0 amide bonds. The van der Waals surface area contributed by atoms with Crippen LogP contribution in [-0.4, -0.2) is 9.13 Å². The molecule has 314 valence electrons. The largest absolute Gasteiger partial charge is 0.418 e. The lowest BCUT2D eigenvalue weighted by Gasteiger charge is -2.24. The van der Waals surface area contributed by atoms with Crippen LogP contribution in [0.1, 0.15) is 33.4 Å². The van der Waals surface area contributed by atoms with E-state index in [9.17, 15) is 88.6 Å². The molecule has 5 aromatic carbocycles. The van der Waals surface area contributed by atoms with Gasteiger partial charge in [0.25, 0.3) is 0 Å². The van der Waals surface area contributed by atoms with Crippen LogP contribution in [0.3, 0.4) is 0 Å². The number of halogens is 18. The minimum absolute atomic E-state index is 0.0385. The number of alkyl halides is 18. The van der Waals surface area contributed by atoms with E-state index in [-0.39, 0.29) is 12.1 Å². The van der Waals surface area contributed by atoms with Crippen LogP contribution < -0.4 is 10.9 Å². The zero-order valence-corrected chi connectivity index (χ0v) is 28.6. The quantitative estimate of drug-likeness (QED) is 0.128. The van der Waals surface area contributed by atoms with Gasteiger partial charge in [0.2, 0.25) is 0 Å². The molecule has 0 saturated carbocycles. The van der Waals surface area contributed by atoms with E-state index in [2.05, 4.69) is 0 Å². The average molecular weight is 873 g/mol. The first-order valence-corrected chi connectivity index (χ1v) is 16.3. The number of pyridine rings is 2. The summed E-state index contributed by atoms with van der Waals surface area (Å²) in [6.45, 7) is 0. The molecule has 60 heavy (non-hydrogen) atoms. The monoisotopic (exact) mass is 872 g/mol. The van der Waals surface area contributed by atoms with Crippen molar-refractivity contribution in [2.24, 2.45) is 0 Å². The van der Waals surface area contributed by atoms with Crippen molar-refractivity contribution in [1.29, 1.82) is 0 Å². The first kappa shape index (κ1) is 41.9. The van der Waals surface area contributed by atoms with Crippen molar-refractivity contribution in [2.75, 3.05) is 0 Å². The molecule has 2 aromatic heterocycles. The predicted octanol–water partition coefficient (Wildman–Crippen LogP) is 12.7. The summed E-state index contributed by atoms with van der Waals surface area (Å²) >= 11 is 0. The number of nitrogens with zero attached hydrogens (tertiary/aromatic N) is 2. The summed E-state index contributed by atoms with van der Waals surface area (Å²) < 4.78 is 254. The van der Waals surface area contributed by atoms with Crippen LogP contribution in [0.2, 0.25) is 0 Å². The maximum Gasteiger partial charge on any atom is 0.418 e. The van der Waals surface area contributed by atoms with Gasteiger partial charge in [-0.05, 0) is 84.9 Å². The summed E-state index contributed by atoms with van der Waals surface area (Å²) in [5, 5.41) is -4.82. The molecule has 7 rings (SSSR count). The minimum atomic E-state index is -5.78. The SMILES string of the molecule is O=c1c2cc3c(=O)c4cc(C(F)(F)F)cc(C(F)(F)F)c4n(-c4ccc(C(F)(F)F)cc4)c3cc2n(-c2ccc(C(F)(F)F)cc2)c2c(C(F)(F)F)cc(C(F)(F)F)cc12. The fraction of sp³-hybridized carbons (Fsp3) is 0.158. The summed E-state index contributed by atoms with van der Waals surface area (Å²) in [4.78, 5) is 28.2. The van der Waals surface area contributed by atoms with Crippen LogP contribution in [0, 0.1) is 0 Å². The first-order chi connectivity index (χ1) is 27.4. The summed E-state index contributed by atoms with van der Waals surface area (Å²) in [6.07, 6.45) is -32.8. The fourth-order valence-corrected chi connectivity index (χ4v) is 6.83. The Morgan fingerprint density at radius 1 is 0.317 bits per heavy atom. The lowest BCUT2D eigenvalue weighted by molar-refractivity contribution is -0.143. The molecule has 0 saturated heterocycles. The van der Waals surface area contributed by atoms with Gasteiger partial charge >= 0.3 is 37.1 Å². The smallest absolute Gasteiger partial charge is 0.308 e.